The molecule has 0 unspecified atom stereocenters. The molecule has 3 aromatic carbocycles. The lowest BCUT2D eigenvalue weighted by atomic mass is 9.88. The maximum absolute atomic E-state index is 12.3. The molecule has 3 rings (SSSR count). The van der Waals surface area contributed by atoms with Gasteiger partial charge in [0.15, 0.2) is 0 Å². The minimum atomic E-state index is -0.449. The molecule has 0 aliphatic rings. The van der Waals surface area contributed by atoms with Gasteiger partial charge in [-0.05, 0) is 100.0 Å². The minimum Gasteiger partial charge on any atom is -0.463 e. The van der Waals surface area contributed by atoms with Gasteiger partial charge in [-0.3, -0.25) is 4.79 Å². The fourth-order valence-corrected chi connectivity index (χ4v) is 3.79. The molecule has 0 fully saturated rings. The van der Waals surface area contributed by atoms with Crippen LogP contribution in [-0.4, -0.2) is 25.7 Å². The highest BCUT2D eigenvalue weighted by atomic mass is 16.5. The molecular weight excluding hydrogens is 476 g/mol. The average molecular weight is 511 g/mol. The Morgan fingerprint density at radius 3 is 1.68 bits per heavy atom. The van der Waals surface area contributed by atoms with Gasteiger partial charge in [0.25, 0.3) is 0 Å². The van der Waals surface area contributed by atoms with Crippen LogP contribution in [-0.2, 0) is 9.53 Å². The molecule has 8 nitrogen and oxygen atoms in total. The Hall–Kier alpha value is -4.38. The first-order chi connectivity index (χ1) is 18.3. The van der Waals surface area contributed by atoms with Crippen LogP contribution >= 0.6 is 0 Å². The van der Waals surface area contributed by atoms with Crippen LogP contribution < -0.4 is 4.90 Å². The number of hydrogen-bond acceptors (Lipinski definition) is 8. The molecule has 0 radical (unpaired) electrons. The van der Waals surface area contributed by atoms with E-state index in [1.165, 1.54) is 0 Å². The number of azo groups is 2. The Balaban J connectivity index is 1.53. The summed E-state index contributed by atoms with van der Waals surface area (Å²) in [5.41, 5.74) is 3.98. The van der Waals surface area contributed by atoms with Gasteiger partial charge in [0.1, 0.15) is 6.61 Å². The summed E-state index contributed by atoms with van der Waals surface area (Å²) in [7, 11) is 0. The monoisotopic (exact) mass is 510 g/mol. The number of hydrogen-bond donors (Lipinski definition) is 0. The van der Waals surface area contributed by atoms with E-state index in [9.17, 15) is 4.79 Å². The summed E-state index contributed by atoms with van der Waals surface area (Å²) in [5.74, 6) is -0.145. The molecule has 0 bridgehead atoms. The Kier molecular flexibility index (Phi) is 10.2. The highest BCUT2D eigenvalue weighted by molar-refractivity contribution is 5.75. The second kappa shape index (κ2) is 13.8. The molecule has 3 aromatic rings. The van der Waals surface area contributed by atoms with Crippen LogP contribution in [0.2, 0.25) is 0 Å². The molecule has 8 heteroatoms. The number of rotatable bonds is 12. The van der Waals surface area contributed by atoms with Gasteiger partial charge in [0, 0.05) is 12.2 Å². The Morgan fingerprint density at radius 1 is 0.816 bits per heavy atom. The molecule has 0 saturated carbocycles. The Labute approximate surface area is 224 Å². The molecule has 0 aliphatic heterocycles. The maximum atomic E-state index is 12.3. The largest absolute Gasteiger partial charge is 0.463 e. The highest BCUT2D eigenvalue weighted by Gasteiger charge is 2.28. The molecule has 0 aromatic heterocycles. The van der Waals surface area contributed by atoms with Crippen molar-refractivity contribution in [2.24, 2.45) is 25.9 Å². The van der Waals surface area contributed by atoms with Crippen molar-refractivity contribution in [3.63, 3.8) is 0 Å². The number of carbonyl (C=O) groups excluding carboxylic acids is 1. The quantitative estimate of drug-likeness (QED) is 0.180. The van der Waals surface area contributed by atoms with Crippen molar-refractivity contribution < 1.29 is 9.53 Å². The number of carbonyl (C=O) groups is 1. The van der Waals surface area contributed by atoms with Crippen LogP contribution in [0.5, 0.6) is 0 Å². The number of nitrogens with zero attached hydrogens (tertiary/aromatic N) is 6. The zero-order valence-corrected chi connectivity index (χ0v) is 22.5. The van der Waals surface area contributed by atoms with Crippen LogP contribution in [0.3, 0.4) is 0 Å². The molecule has 0 amide bonds. The van der Waals surface area contributed by atoms with Crippen molar-refractivity contribution in [1.82, 2.24) is 0 Å². The Morgan fingerprint density at radius 2 is 1.26 bits per heavy atom. The minimum absolute atomic E-state index is 0.145. The van der Waals surface area contributed by atoms with Crippen molar-refractivity contribution in [3.8, 4) is 6.07 Å². The van der Waals surface area contributed by atoms with E-state index in [2.05, 4.69) is 45.3 Å². The third-order valence-electron chi connectivity index (χ3n) is 6.03. The van der Waals surface area contributed by atoms with E-state index in [4.69, 9.17) is 10.00 Å². The number of nitriles is 1. The first kappa shape index (κ1) is 28.2. The smallest absolute Gasteiger partial charge is 0.311 e. The lowest BCUT2D eigenvalue weighted by molar-refractivity contribution is -0.154. The van der Waals surface area contributed by atoms with Gasteiger partial charge in [-0.15, -0.1) is 0 Å². The number of likely N-dealkylation sites (N-methyl/N-ethyl adjacent to an activating group) is 1. The third-order valence-corrected chi connectivity index (χ3v) is 6.03. The Bertz CT molecular complexity index is 1270. The predicted octanol–water partition coefficient (Wildman–Crippen LogP) is 8.58. The number of esters is 1. The lowest BCUT2D eigenvalue weighted by Crippen LogP contribution is -2.32. The van der Waals surface area contributed by atoms with Crippen LogP contribution in [0.4, 0.5) is 28.4 Å². The summed E-state index contributed by atoms with van der Waals surface area (Å²) in [6.07, 6.45) is 1.76. The van der Waals surface area contributed by atoms with Crippen molar-refractivity contribution >= 4 is 34.4 Å². The number of benzene rings is 3. The van der Waals surface area contributed by atoms with Gasteiger partial charge in [0.2, 0.25) is 0 Å². The average Bonchev–Trinajstić information content (AvgIpc) is 2.94. The fraction of sp³-hybridized carbons (Fsp3) is 0.333. The molecule has 0 atom stereocenters. The normalized spacial score (nSPS) is 11.6. The van der Waals surface area contributed by atoms with E-state index in [-0.39, 0.29) is 5.97 Å². The SMILES string of the molecule is CCCC(C)(C)C(=O)OCCN(CC)c1ccc(N=Nc2ccc(N=Nc3ccc(C#N)cc3)cc2)cc1. The zero-order chi connectivity index (χ0) is 27.4. The van der Waals surface area contributed by atoms with Gasteiger partial charge < -0.3 is 9.64 Å². The summed E-state index contributed by atoms with van der Waals surface area (Å²) < 4.78 is 5.54. The van der Waals surface area contributed by atoms with Crippen LogP contribution in [0.15, 0.2) is 93.3 Å². The van der Waals surface area contributed by atoms with Gasteiger partial charge in [-0.1, -0.05) is 13.3 Å². The van der Waals surface area contributed by atoms with Crippen molar-refractivity contribution in [3.05, 3.63) is 78.4 Å². The first-order valence-electron chi connectivity index (χ1n) is 12.8. The molecular formula is C30H34N6O2. The molecule has 38 heavy (non-hydrogen) atoms. The number of ether oxygens (including phenoxy) is 1. The lowest BCUT2D eigenvalue weighted by Gasteiger charge is -2.25. The van der Waals surface area contributed by atoms with E-state index in [1.54, 1.807) is 24.3 Å². The van der Waals surface area contributed by atoms with Crippen LogP contribution in [0.25, 0.3) is 0 Å². The maximum Gasteiger partial charge on any atom is 0.311 e. The van der Waals surface area contributed by atoms with Gasteiger partial charge in [-0.25, -0.2) is 0 Å². The summed E-state index contributed by atoms with van der Waals surface area (Å²) >= 11 is 0. The molecule has 0 spiro atoms. The second-order valence-corrected chi connectivity index (χ2v) is 9.44. The van der Waals surface area contributed by atoms with Crippen LogP contribution in [0, 0.1) is 16.7 Å². The van der Waals surface area contributed by atoms with Crippen molar-refractivity contribution in [2.45, 2.75) is 40.5 Å². The van der Waals surface area contributed by atoms with E-state index in [1.807, 2.05) is 62.4 Å². The zero-order valence-electron chi connectivity index (χ0n) is 22.5. The topological polar surface area (TPSA) is 103 Å². The highest BCUT2D eigenvalue weighted by Crippen LogP contribution is 2.26. The number of anilines is 1. The molecule has 0 N–H and O–H groups in total. The van der Waals surface area contributed by atoms with Crippen LogP contribution in [0.1, 0.15) is 46.1 Å². The summed E-state index contributed by atoms with van der Waals surface area (Å²) in [5, 5.41) is 25.9. The standard InChI is InChI=1S/C30H34N6O2/c1-5-19-30(3,4)29(37)38-21-20-36(6-2)28-17-15-27(16-18-28)35-34-26-13-11-25(12-14-26)33-32-24-9-7-23(22-31)8-10-24/h7-18H,5-6,19-21H2,1-4H3. The van der Waals surface area contributed by atoms with E-state index in [0.29, 0.717) is 35.8 Å². The first-order valence-corrected chi connectivity index (χ1v) is 12.8. The van der Waals surface area contributed by atoms with Crippen molar-refractivity contribution in [2.75, 3.05) is 24.6 Å². The van der Waals surface area contributed by atoms with Gasteiger partial charge >= 0.3 is 5.97 Å². The van der Waals surface area contributed by atoms with E-state index < -0.39 is 5.41 Å². The summed E-state index contributed by atoms with van der Waals surface area (Å²) in [4.78, 5) is 14.5. The van der Waals surface area contributed by atoms with E-state index in [0.717, 1.165) is 30.8 Å². The fourth-order valence-electron chi connectivity index (χ4n) is 3.79. The van der Waals surface area contributed by atoms with Gasteiger partial charge in [0.05, 0.1) is 46.3 Å². The van der Waals surface area contributed by atoms with Gasteiger partial charge in [-0.2, -0.15) is 25.7 Å². The second-order valence-electron chi connectivity index (χ2n) is 9.44. The molecule has 196 valence electrons. The third kappa shape index (κ3) is 8.34. The van der Waals surface area contributed by atoms with Crippen molar-refractivity contribution in [1.29, 1.82) is 5.26 Å². The predicted molar refractivity (Wildman–Crippen MR) is 150 cm³/mol. The molecule has 0 aliphatic carbocycles. The van der Waals surface area contributed by atoms with E-state index >= 15 is 0 Å². The molecule has 0 saturated heterocycles. The summed E-state index contributed by atoms with van der Waals surface area (Å²) in [6, 6.07) is 24.1. The summed E-state index contributed by atoms with van der Waals surface area (Å²) in [6.45, 7) is 9.79. The molecule has 0 heterocycles.